The lowest BCUT2D eigenvalue weighted by molar-refractivity contribution is -0.117. The summed E-state index contributed by atoms with van der Waals surface area (Å²) in [5.41, 5.74) is 3.71. The minimum atomic E-state index is 0.113. The number of nitrogens with one attached hydrogen (secondary N) is 3. The van der Waals surface area contributed by atoms with Gasteiger partial charge in [0.2, 0.25) is 5.91 Å². The van der Waals surface area contributed by atoms with Gasteiger partial charge in [-0.05, 0) is 69.6 Å². The fraction of sp³-hybridized carbons (Fsp3) is 0.300. The van der Waals surface area contributed by atoms with Crippen LogP contribution in [-0.2, 0) is 4.79 Å². The Morgan fingerprint density at radius 2 is 1.89 bits per heavy atom. The van der Waals surface area contributed by atoms with E-state index in [-0.39, 0.29) is 11.8 Å². The summed E-state index contributed by atoms with van der Waals surface area (Å²) in [6, 6.07) is 9.69. The van der Waals surface area contributed by atoms with Crippen LogP contribution >= 0.6 is 11.8 Å². The molecule has 0 unspecified atom stereocenters. The van der Waals surface area contributed by atoms with E-state index in [1.807, 2.05) is 51.1 Å². The minimum Gasteiger partial charge on any atom is -0.326 e. The first-order chi connectivity index (χ1) is 13.5. The van der Waals surface area contributed by atoms with E-state index in [4.69, 9.17) is 0 Å². The zero-order valence-electron chi connectivity index (χ0n) is 16.0. The maximum Gasteiger partial charge on any atom is 0.227 e. The number of aromatic amines is 1. The number of rotatable bonds is 6. The Kier molecular flexibility index (Phi) is 5.04. The SMILES string of the molecule is Cc1cc(Nc2nc(Sc3ccc(NC(=O)C4CC4)cc3)nc(C)c2C)n[nH]1. The molecule has 3 aromatic rings. The van der Waals surface area contributed by atoms with Crippen molar-refractivity contribution < 1.29 is 4.79 Å². The third-order valence-electron chi connectivity index (χ3n) is 4.60. The van der Waals surface area contributed by atoms with E-state index in [1.54, 1.807) is 0 Å². The van der Waals surface area contributed by atoms with Gasteiger partial charge < -0.3 is 10.6 Å². The van der Waals surface area contributed by atoms with E-state index in [9.17, 15) is 4.79 Å². The van der Waals surface area contributed by atoms with Gasteiger partial charge in [0.05, 0.1) is 0 Å². The molecule has 1 aromatic carbocycles. The van der Waals surface area contributed by atoms with Gasteiger partial charge in [0.25, 0.3) is 0 Å². The molecular weight excluding hydrogens is 372 g/mol. The topological polar surface area (TPSA) is 95.6 Å². The smallest absolute Gasteiger partial charge is 0.227 e. The molecule has 1 amide bonds. The normalized spacial score (nSPS) is 13.4. The molecule has 1 fully saturated rings. The molecule has 0 radical (unpaired) electrons. The summed E-state index contributed by atoms with van der Waals surface area (Å²) in [6.45, 7) is 5.91. The molecule has 8 heteroatoms. The van der Waals surface area contributed by atoms with Crippen molar-refractivity contribution in [3.05, 3.63) is 47.3 Å². The maximum atomic E-state index is 11.9. The third kappa shape index (κ3) is 4.33. The number of aryl methyl sites for hydroxylation is 2. The van der Waals surface area contributed by atoms with E-state index >= 15 is 0 Å². The lowest BCUT2D eigenvalue weighted by atomic mass is 10.2. The zero-order valence-corrected chi connectivity index (χ0v) is 16.9. The first kappa shape index (κ1) is 18.5. The number of aromatic nitrogens is 4. The lowest BCUT2D eigenvalue weighted by Crippen LogP contribution is -2.12. The number of hydrogen-bond donors (Lipinski definition) is 3. The van der Waals surface area contributed by atoms with Crippen molar-refractivity contribution in [2.24, 2.45) is 5.92 Å². The van der Waals surface area contributed by atoms with E-state index < -0.39 is 0 Å². The van der Waals surface area contributed by atoms with Crippen LogP contribution in [0.4, 0.5) is 17.3 Å². The number of carbonyl (C=O) groups is 1. The summed E-state index contributed by atoms with van der Waals surface area (Å²) in [7, 11) is 0. The van der Waals surface area contributed by atoms with Crippen molar-refractivity contribution in [2.45, 2.75) is 43.7 Å². The number of benzene rings is 1. The number of H-pyrrole nitrogens is 1. The van der Waals surface area contributed by atoms with E-state index in [1.165, 1.54) is 11.8 Å². The van der Waals surface area contributed by atoms with Crippen LogP contribution in [0.2, 0.25) is 0 Å². The molecule has 0 spiro atoms. The van der Waals surface area contributed by atoms with Gasteiger partial charge in [0, 0.05) is 39.5 Å². The van der Waals surface area contributed by atoms with E-state index in [2.05, 4.69) is 30.8 Å². The van der Waals surface area contributed by atoms with Gasteiger partial charge in [-0.25, -0.2) is 9.97 Å². The van der Waals surface area contributed by atoms with Crippen LogP contribution in [0.5, 0.6) is 0 Å². The molecule has 2 aromatic heterocycles. The molecule has 0 bridgehead atoms. The highest BCUT2D eigenvalue weighted by molar-refractivity contribution is 7.99. The molecule has 3 N–H and O–H groups in total. The highest BCUT2D eigenvalue weighted by atomic mass is 32.2. The molecule has 1 aliphatic rings. The Morgan fingerprint density at radius 1 is 1.14 bits per heavy atom. The maximum absolute atomic E-state index is 11.9. The first-order valence-corrected chi connectivity index (χ1v) is 10.0. The average molecular weight is 395 g/mol. The summed E-state index contributed by atoms with van der Waals surface area (Å²) in [6.07, 6.45) is 2.00. The highest BCUT2D eigenvalue weighted by Gasteiger charge is 2.29. The zero-order chi connectivity index (χ0) is 19.7. The number of hydrogen-bond acceptors (Lipinski definition) is 6. The summed E-state index contributed by atoms with van der Waals surface area (Å²) >= 11 is 1.48. The molecule has 1 aliphatic carbocycles. The third-order valence-corrected chi connectivity index (χ3v) is 5.47. The standard InChI is InChI=1S/C20H22N6OS/c1-11-10-17(26-25-11)23-18-12(2)13(3)21-20(24-18)28-16-8-6-15(7-9-16)22-19(27)14-4-5-14/h6-10,14H,4-5H2,1-3H3,(H,22,27)(H2,21,23,24,25,26). The van der Waals surface area contributed by atoms with Gasteiger partial charge in [-0.3, -0.25) is 9.89 Å². The van der Waals surface area contributed by atoms with E-state index in [0.29, 0.717) is 5.16 Å². The molecule has 1 saturated carbocycles. The molecule has 2 heterocycles. The van der Waals surface area contributed by atoms with Gasteiger partial charge >= 0.3 is 0 Å². The summed E-state index contributed by atoms with van der Waals surface area (Å²) < 4.78 is 0. The molecule has 0 saturated heterocycles. The number of nitrogens with zero attached hydrogens (tertiary/aromatic N) is 3. The van der Waals surface area contributed by atoms with Gasteiger partial charge in [-0.2, -0.15) is 5.10 Å². The predicted octanol–water partition coefficient (Wildman–Crippen LogP) is 4.37. The van der Waals surface area contributed by atoms with Gasteiger partial charge in [0.15, 0.2) is 11.0 Å². The molecule has 4 rings (SSSR count). The molecule has 0 atom stereocenters. The van der Waals surface area contributed by atoms with Crippen LogP contribution in [0, 0.1) is 26.7 Å². The van der Waals surface area contributed by atoms with Crippen molar-refractivity contribution in [1.29, 1.82) is 0 Å². The largest absolute Gasteiger partial charge is 0.326 e. The second kappa shape index (κ2) is 7.63. The fourth-order valence-corrected chi connectivity index (χ4v) is 3.48. The van der Waals surface area contributed by atoms with Crippen LogP contribution in [0.15, 0.2) is 40.4 Å². The Balaban J connectivity index is 1.48. The molecule has 144 valence electrons. The van der Waals surface area contributed by atoms with Crippen LogP contribution < -0.4 is 10.6 Å². The van der Waals surface area contributed by atoms with E-state index in [0.717, 1.165) is 52.0 Å². The first-order valence-electron chi connectivity index (χ1n) is 9.21. The monoisotopic (exact) mass is 394 g/mol. The van der Waals surface area contributed by atoms with Gasteiger partial charge in [-0.15, -0.1) is 0 Å². The van der Waals surface area contributed by atoms with Crippen molar-refractivity contribution in [1.82, 2.24) is 20.2 Å². The van der Waals surface area contributed by atoms with Gasteiger partial charge in [0.1, 0.15) is 5.82 Å². The Bertz CT molecular complexity index is 1010. The van der Waals surface area contributed by atoms with Crippen molar-refractivity contribution in [3.8, 4) is 0 Å². The number of anilines is 3. The van der Waals surface area contributed by atoms with Crippen molar-refractivity contribution in [3.63, 3.8) is 0 Å². The lowest BCUT2D eigenvalue weighted by Gasteiger charge is -2.11. The summed E-state index contributed by atoms with van der Waals surface area (Å²) in [5.74, 6) is 1.78. The minimum absolute atomic E-state index is 0.113. The fourth-order valence-electron chi connectivity index (χ4n) is 2.68. The number of amides is 1. The summed E-state index contributed by atoms with van der Waals surface area (Å²) in [5, 5.41) is 14.0. The van der Waals surface area contributed by atoms with Crippen LogP contribution in [0.25, 0.3) is 0 Å². The second-order valence-corrected chi connectivity index (χ2v) is 8.06. The van der Waals surface area contributed by atoms with Crippen molar-refractivity contribution >= 4 is 35.0 Å². The Hall–Kier alpha value is -2.87. The molecular formula is C20H22N6OS. The van der Waals surface area contributed by atoms with Crippen LogP contribution in [-0.4, -0.2) is 26.1 Å². The molecule has 28 heavy (non-hydrogen) atoms. The Morgan fingerprint density at radius 3 is 2.54 bits per heavy atom. The molecule has 7 nitrogen and oxygen atoms in total. The van der Waals surface area contributed by atoms with Gasteiger partial charge in [-0.1, -0.05) is 0 Å². The highest BCUT2D eigenvalue weighted by Crippen LogP contribution is 2.32. The van der Waals surface area contributed by atoms with Crippen molar-refractivity contribution in [2.75, 3.05) is 10.6 Å². The number of carbonyl (C=O) groups excluding carboxylic acids is 1. The summed E-state index contributed by atoms with van der Waals surface area (Å²) in [4.78, 5) is 22.1. The van der Waals surface area contributed by atoms with Crippen LogP contribution in [0.1, 0.15) is 29.8 Å². The second-order valence-electron chi connectivity index (χ2n) is 7.02. The predicted molar refractivity (Wildman–Crippen MR) is 110 cm³/mol. The quantitative estimate of drug-likeness (QED) is 0.537. The van der Waals surface area contributed by atoms with Crippen LogP contribution in [0.3, 0.4) is 0 Å². The molecule has 0 aliphatic heterocycles. The average Bonchev–Trinajstić information content (AvgIpc) is 3.44. The Labute approximate surface area is 167 Å².